The van der Waals surface area contributed by atoms with Crippen LogP contribution in [0.4, 0.5) is 14.9 Å². The summed E-state index contributed by atoms with van der Waals surface area (Å²) < 4.78 is 25.3. The number of amides is 2. The average molecular weight is 468 g/mol. The lowest BCUT2D eigenvalue weighted by Crippen LogP contribution is -2.57. The first-order valence-electron chi connectivity index (χ1n) is 11.7. The number of rotatable bonds is 6. The summed E-state index contributed by atoms with van der Waals surface area (Å²) in [6.07, 6.45) is 4.20. The summed E-state index contributed by atoms with van der Waals surface area (Å²) in [6.45, 7) is 3.62. The fraction of sp³-hybridized carbons (Fsp3) is 0.400. The van der Waals surface area contributed by atoms with E-state index in [1.54, 1.807) is 17.0 Å². The lowest BCUT2D eigenvalue weighted by Gasteiger charge is -2.41. The number of halogens is 1. The molecule has 0 spiro atoms. The number of anilines is 1. The Morgan fingerprint density at radius 1 is 1.15 bits per heavy atom. The fourth-order valence-corrected chi connectivity index (χ4v) is 4.78. The molecule has 3 aliphatic heterocycles. The van der Waals surface area contributed by atoms with E-state index >= 15 is 0 Å². The zero-order valence-corrected chi connectivity index (χ0v) is 19.2. The van der Waals surface area contributed by atoms with Crippen LogP contribution in [0.2, 0.25) is 0 Å². The Balaban J connectivity index is 1.31. The number of fused-ring (bicyclic) bond motifs is 2. The van der Waals surface area contributed by atoms with E-state index in [1.165, 1.54) is 13.2 Å². The van der Waals surface area contributed by atoms with Crippen LogP contribution in [-0.2, 0) is 0 Å². The predicted molar refractivity (Wildman–Crippen MR) is 128 cm³/mol. The van der Waals surface area contributed by atoms with Crippen LogP contribution in [0.1, 0.15) is 19.3 Å². The Morgan fingerprint density at radius 3 is 2.65 bits per heavy atom. The van der Waals surface area contributed by atoms with Crippen molar-refractivity contribution >= 4 is 11.7 Å². The molecule has 1 saturated heterocycles. The first-order valence-corrected chi connectivity index (χ1v) is 11.7. The number of hydrogen-bond acceptors (Lipinski definition) is 6. The minimum Gasteiger partial charge on any atom is -0.494 e. The number of methoxy groups -OCH3 is 1. The van der Waals surface area contributed by atoms with Crippen LogP contribution in [0, 0.1) is 5.82 Å². The molecule has 1 atom stereocenters. The minimum absolute atomic E-state index is 0.137. The van der Waals surface area contributed by atoms with Crippen molar-refractivity contribution in [3.63, 3.8) is 0 Å². The highest BCUT2D eigenvalue weighted by atomic mass is 19.1. The van der Waals surface area contributed by atoms with Gasteiger partial charge in [0.25, 0.3) is 0 Å². The van der Waals surface area contributed by atoms with Crippen molar-refractivity contribution in [3.8, 4) is 22.6 Å². The standard InChI is InChI=1S/C25H30FN5O3/c1-33-21-5-3-16(13-19(21)26)17-4-6-22-20(14-17)28-24-23(34-22)15-31(25(32)29-24)18-7-11-30(12-8-18)10-2-9-27/h3-6,13-15,18,24,28H,2,7-12,27H2,1H3,(H,29,32). The maximum Gasteiger partial charge on any atom is 0.323 e. The molecule has 0 aliphatic carbocycles. The molecule has 0 radical (unpaired) electrons. The number of nitrogens with two attached hydrogens (primary N) is 1. The molecular weight excluding hydrogens is 437 g/mol. The number of urea groups is 1. The molecule has 4 N–H and O–H groups in total. The summed E-state index contributed by atoms with van der Waals surface area (Å²) in [7, 11) is 1.44. The second kappa shape index (κ2) is 9.52. The molecule has 180 valence electrons. The molecule has 0 saturated carbocycles. The maximum absolute atomic E-state index is 14.2. The fourth-order valence-electron chi connectivity index (χ4n) is 4.78. The zero-order valence-electron chi connectivity index (χ0n) is 19.2. The van der Waals surface area contributed by atoms with Gasteiger partial charge in [0, 0.05) is 19.1 Å². The van der Waals surface area contributed by atoms with Gasteiger partial charge in [-0.1, -0.05) is 12.1 Å². The molecule has 2 aromatic carbocycles. The molecular formula is C25H30FN5O3. The number of piperidine rings is 1. The Hall–Kier alpha value is -3.30. The first kappa shape index (κ1) is 22.5. The van der Waals surface area contributed by atoms with Crippen molar-refractivity contribution in [1.82, 2.24) is 15.1 Å². The lowest BCUT2D eigenvalue weighted by atomic mass is 10.0. The van der Waals surface area contributed by atoms with E-state index in [0.29, 0.717) is 18.1 Å². The average Bonchev–Trinajstić information content (AvgIpc) is 2.86. The minimum atomic E-state index is -0.455. The Labute approximate surface area is 198 Å². The molecule has 8 nitrogen and oxygen atoms in total. The zero-order chi connectivity index (χ0) is 23.7. The van der Waals surface area contributed by atoms with Gasteiger partial charge in [0.15, 0.2) is 23.5 Å². The van der Waals surface area contributed by atoms with Gasteiger partial charge in [-0.15, -0.1) is 0 Å². The molecule has 3 aliphatic rings. The lowest BCUT2D eigenvalue weighted by molar-refractivity contribution is 0.134. The first-order chi connectivity index (χ1) is 16.6. The number of likely N-dealkylation sites (tertiary alicyclic amines) is 1. The highest BCUT2D eigenvalue weighted by Crippen LogP contribution is 2.38. The van der Waals surface area contributed by atoms with E-state index in [-0.39, 0.29) is 17.8 Å². The van der Waals surface area contributed by atoms with Crippen molar-refractivity contribution in [2.24, 2.45) is 5.73 Å². The predicted octanol–water partition coefficient (Wildman–Crippen LogP) is 3.31. The molecule has 0 bridgehead atoms. The van der Waals surface area contributed by atoms with Crippen LogP contribution in [0.3, 0.4) is 0 Å². The number of benzene rings is 2. The van der Waals surface area contributed by atoms with E-state index in [2.05, 4.69) is 15.5 Å². The van der Waals surface area contributed by atoms with Crippen LogP contribution in [0.15, 0.2) is 48.4 Å². The van der Waals surface area contributed by atoms with E-state index in [4.69, 9.17) is 15.2 Å². The normalized spacial score (nSPS) is 20.4. The molecule has 3 heterocycles. The van der Waals surface area contributed by atoms with Gasteiger partial charge in [-0.2, -0.15) is 0 Å². The van der Waals surface area contributed by atoms with Crippen LogP contribution in [-0.4, -0.2) is 61.3 Å². The van der Waals surface area contributed by atoms with Crippen molar-refractivity contribution in [2.45, 2.75) is 31.5 Å². The summed E-state index contributed by atoms with van der Waals surface area (Å²) in [4.78, 5) is 17.1. The third-order valence-electron chi connectivity index (χ3n) is 6.67. The maximum atomic E-state index is 14.2. The number of carbonyl (C=O) groups is 1. The van der Waals surface area contributed by atoms with Gasteiger partial charge in [-0.05, 0) is 67.7 Å². The van der Waals surface area contributed by atoms with Gasteiger partial charge in [0.1, 0.15) is 5.75 Å². The SMILES string of the molecule is COc1ccc(-c2ccc3c(c2)NC2NC(=O)N(C4CCN(CCCN)CC4)C=C2O3)cc1F. The molecule has 1 fully saturated rings. The number of nitrogens with one attached hydrogen (secondary N) is 2. The number of hydrogen-bond donors (Lipinski definition) is 3. The van der Waals surface area contributed by atoms with Crippen molar-refractivity contribution < 1.29 is 18.7 Å². The third kappa shape index (κ3) is 4.41. The Bertz CT molecular complexity index is 1100. The van der Waals surface area contributed by atoms with Gasteiger partial charge < -0.3 is 30.7 Å². The third-order valence-corrected chi connectivity index (χ3v) is 6.67. The van der Waals surface area contributed by atoms with E-state index in [0.717, 1.165) is 55.7 Å². The summed E-state index contributed by atoms with van der Waals surface area (Å²) in [6, 6.07) is 10.5. The van der Waals surface area contributed by atoms with E-state index in [9.17, 15) is 9.18 Å². The molecule has 0 aromatic heterocycles. The molecule has 1 unspecified atom stereocenters. The van der Waals surface area contributed by atoms with Gasteiger partial charge in [-0.3, -0.25) is 4.90 Å². The number of carbonyl (C=O) groups excluding carboxylic acids is 1. The summed E-state index contributed by atoms with van der Waals surface area (Å²) >= 11 is 0. The Morgan fingerprint density at radius 2 is 1.91 bits per heavy atom. The second-order valence-electron chi connectivity index (χ2n) is 8.84. The van der Waals surface area contributed by atoms with Crippen LogP contribution >= 0.6 is 0 Å². The van der Waals surface area contributed by atoms with Gasteiger partial charge in [-0.25, -0.2) is 9.18 Å². The van der Waals surface area contributed by atoms with Crippen molar-refractivity contribution in [3.05, 3.63) is 54.2 Å². The van der Waals surface area contributed by atoms with Crippen LogP contribution in [0.5, 0.6) is 11.5 Å². The van der Waals surface area contributed by atoms with Crippen LogP contribution in [0.25, 0.3) is 11.1 Å². The molecule has 5 rings (SSSR count). The van der Waals surface area contributed by atoms with E-state index < -0.39 is 12.0 Å². The summed E-state index contributed by atoms with van der Waals surface area (Å²) in [5.41, 5.74) is 7.91. The van der Waals surface area contributed by atoms with E-state index in [1.807, 2.05) is 24.4 Å². The number of ether oxygens (including phenoxy) is 2. The van der Waals surface area contributed by atoms with Gasteiger partial charge >= 0.3 is 6.03 Å². The monoisotopic (exact) mass is 467 g/mol. The van der Waals surface area contributed by atoms with Crippen molar-refractivity contribution in [1.29, 1.82) is 0 Å². The highest BCUT2D eigenvalue weighted by Gasteiger charge is 2.36. The molecule has 9 heteroatoms. The second-order valence-corrected chi connectivity index (χ2v) is 8.84. The van der Waals surface area contributed by atoms with Gasteiger partial charge in [0.05, 0.1) is 19.0 Å². The largest absolute Gasteiger partial charge is 0.494 e. The number of nitrogens with zero attached hydrogens (tertiary/aromatic N) is 2. The van der Waals surface area contributed by atoms with Crippen molar-refractivity contribution in [2.75, 3.05) is 38.6 Å². The quantitative estimate of drug-likeness (QED) is 0.604. The van der Waals surface area contributed by atoms with Gasteiger partial charge in [0.2, 0.25) is 0 Å². The van der Waals surface area contributed by atoms with Crippen LogP contribution < -0.4 is 25.8 Å². The topological polar surface area (TPSA) is 92.1 Å². The highest BCUT2D eigenvalue weighted by molar-refractivity contribution is 5.80. The summed E-state index contributed by atoms with van der Waals surface area (Å²) in [5, 5.41) is 6.35. The molecule has 2 aromatic rings. The smallest absolute Gasteiger partial charge is 0.323 e. The molecule has 34 heavy (non-hydrogen) atoms. The molecule has 2 amide bonds. The summed E-state index contributed by atoms with van der Waals surface area (Å²) in [5.74, 6) is 1.10. The Kier molecular flexibility index (Phi) is 6.30.